The maximum absolute atomic E-state index is 14.0. The van der Waals surface area contributed by atoms with Crippen LogP contribution in [0.4, 0.5) is 5.95 Å². The molecule has 3 aromatic rings. The Morgan fingerprint density at radius 3 is 2.52 bits per heavy atom. The summed E-state index contributed by atoms with van der Waals surface area (Å²) in [5.74, 6) is -0.816. The Labute approximate surface area is 235 Å². The van der Waals surface area contributed by atoms with Gasteiger partial charge in [-0.3, -0.25) is 13.9 Å². The summed E-state index contributed by atoms with van der Waals surface area (Å²) in [6.07, 6.45) is 0.600. The lowest BCUT2D eigenvalue weighted by Gasteiger charge is -2.27. The van der Waals surface area contributed by atoms with E-state index in [0.29, 0.717) is 0 Å². The number of aromatic nitrogens is 3. The Balaban J connectivity index is 1.47. The van der Waals surface area contributed by atoms with E-state index in [0.717, 1.165) is 5.56 Å². The highest BCUT2D eigenvalue weighted by molar-refractivity contribution is 8.00. The first-order chi connectivity index (χ1) is 19.1. The predicted octanol–water partition coefficient (Wildman–Crippen LogP) is 3.15. The number of nitrogen functional groups attached to an aromatic ring is 1. The van der Waals surface area contributed by atoms with Gasteiger partial charge >= 0.3 is 19.4 Å². The second kappa shape index (κ2) is 13.4. The monoisotopic (exact) mass is 589 g/mol. The standard InChI is InChI=1S/C26H32N5O7PS/c1-17(2)23(24(33)36-14-18-9-5-3-6-10-18)30-39(35,38-19-11-7-4-8-12-19)37-15-21-20(32)13-22(40-21)31-16-28-25(27)29-26(31)34/h3-12,16-17,20-23,32H,13-15H2,1-2H3,(H,30,35)(H2,27,29,34)/t20?,21-,22-,23+,39?/m1/s1. The van der Waals surface area contributed by atoms with Gasteiger partial charge in [0.15, 0.2) is 0 Å². The molecule has 4 N–H and O–H groups in total. The smallest absolute Gasteiger partial charge is 0.459 e. The van der Waals surface area contributed by atoms with Crippen LogP contribution in [-0.4, -0.2) is 49.6 Å². The van der Waals surface area contributed by atoms with Crippen molar-refractivity contribution >= 4 is 31.4 Å². The van der Waals surface area contributed by atoms with Crippen LogP contribution in [0.15, 0.2) is 71.8 Å². The number of nitrogens with two attached hydrogens (primary N) is 1. The molecule has 1 fully saturated rings. The molecule has 2 heterocycles. The molecule has 1 aromatic heterocycles. The van der Waals surface area contributed by atoms with Crippen LogP contribution in [0, 0.1) is 5.92 Å². The number of carbonyl (C=O) groups is 1. The number of benzene rings is 2. The SMILES string of the molecule is CC(C)[C@H](NP(=O)(OC[C@H]1S[C@@H](n2cnc(N)nc2=O)CC1O)Oc1ccccc1)C(=O)OCc1ccccc1. The van der Waals surface area contributed by atoms with Gasteiger partial charge in [0.25, 0.3) is 0 Å². The van der Waals surface area contributed by atoms with E-state index < -0.39 is 42.2 Å². The van der Waals surface area contributed by atoms with Gasteiger partial charge in [0.05, 0.1) is 23.3 Å². The third kappa shape index (κ3) is 7.92. The first kappa shape index (κ1) is 29.8. The van der Waals surface area contributed by atoms with E-state index >= 15 is 0 Å². The maximum Gasteiger partial charge on any atom is 0.459 e. The average Bonchev–Trinajstić information content (AvgIpc) is 3.30. The lowest BCUT2D eigenvalue weighted by Crippen LogP contribution is -2.42. The van der Waals surface area contributed by atoms with Crippen molar-refractivity contribution in [2.24, 2.45) is 5.92 Å². The maximum atomic E-state index is 14.0. The zero-order valence-electron chi connectivity index (χ0n) is 22.0. The first-order valence-corrected chi connectivity index (χ1v) is 15.1. The molecule has 40 heavy (non-hydrogen) atoms. The topological polar surface area (TPSA) is 168 Å². The number of anilines is 1. The molecule has 5 atom stereocenters. The van der Waals surface area contributed by atoms with Crippen molar-refractivity contribution in [3.05, 3.63) is 83.0 Å². The van der Waals surface area contributed by atoms with Crippen molar-refractivity contribution in [1.82, 2.24) is 19.6 Å². The van der Waals surface area contributed by atoms with Gasteiger partial charge in [0, 0.05) is 6.42 Å². The summed E-state index contributed by atoms with van der Waals surface area (Å²) < 4.78 is 32.4. The Bertz CT molecular complexity index is 1380. The molecule has 4 rings (SSSR count). The van der Waals surface area contributed by atoms with E-state index in [2.05, 4.69) is 15.1 Å². The number of hydrogen-bond acceptors (Lipinski definition) is 11. The molecule has 214 valence electrons. The molecule has 1 aliphatic heterocycles. The molecule has 0 saturated carbocycles. The van der Waals surface area contributed by atoms with Gasteiger partial charge < -0.3 is 20.1 Å². The van der Waals surface area contributed by atoms with E-state index in [9.17, 15) is 19.3 Å². The molecular formula is C26H32N5O7PS. The average molecular weight is 590 g/mol. The van der Waals surface area contributed by atoms with Gasteiger partial charge in [-0.2, -0.15) is 10.1 Å². The van der Waals surface area contributed by atoms with Crippen LogP contribution >= 0.6 is 19.5 Å². The number of aliphatic hydroxyl groups is 1. The van der Waals surface area contributed by atoms with Crippen LogP contribution in [0.2, 0.25) is 0 Å². The molecule has 0 aliphatic carbocycles. The Morgan fingerprint density at radius 2 is 1.88 bits per heavy atom. The number of ether oxygens (including phenoxy) is 1. The normalized spacial score (nSPS) is 21.1. The summed E-state index contributed by atoms with van der Waals surface area (Å²) >= 11 is 1.25. The number of aliphatic hydroxyl groups excluding tert-OH is 1. The summed E-state index contributed by atoms with van der Waals surface area (Å²) in [6, 6.07) is 16.6. The Morgan fingerprint density at radius 1 is 1.20 bits per heavy atom. The minimum absolute atomic E-state index is 0.0514. The number of nitrogens with one attached hydrogen (secondary N) is 1. The van der Waals surface area contributed by atoms with Gasteiger partial charge in [-0.05, 0) is 23.6 Å². The van der Waals surface area contributed by atoms with Crippen molar-refractivity contribution in [2.45, 2.75) is 49.6 Å². The fourth-order valence-corrected chi connectivity index (χ4v) is 7.14. The predicted molar refractivity (Wildman–Crippen MR) is 150 cm³/mol. The molecule has 2 aromatic carbocycles. The summed E-state index contributed by atoms with van der Waals surface area (Å²) in [5.41, 5.74) is 5.69. The molecule has 12 nitrogen and oxygen atoms in total. The zero-order chi connectivity index (χ0) is 28.7. The summed E-state index contributed by atoms with van der Waals surface area (Å²) in [5, 5.41) is 12.4. The summed E-state index contributed by atoms with van der Waals surface area (Å²) in [4.78, 5) is 32.8. The van der Waals surface area contributed by atoms with Gasteiger partial charge in [-0.25, -0.2) is 14.3 Å². The number of hydrogen-bond donors (Lipinski definition) is 3. The first-order valence-electron chi connectivity index (χ1n) is 12.7. The van der Waals surface area contributed by atoms with Crippen molar-refractivity contribution in [3.63, 3.8) is 0 Å². The molecule has 0 spiro atoms. The van der Waals surface area contributed by atoms with Crippen LogP contribution in [-0.2, 0) is 25.2 Å². The lowest BCUT2D eigenvalue weighted by atomic mass is 10.1. The molecule has 2 unspecified atom stereocenters. The van der Waals surface area contributed by atoms with Crippen LogP contribution < -0.4 is 21.0 Å². The summed E-state index contributed by atoms with van der Waals surface area (Å²) in [7, 11) is -4.17. The number of para-hydroxylation sites is 1. The van der Waals surface area contributed by atoms with Crippen LogP contribution in [0.5, 0.6) is 5.75 Å². The minimum atomic E-state index is -4.17. The van der Waals surface area contributed by atoms with Crippen molar-refractivity contribution in [2.75, 3.05) is 12.3 Å². The molecule has 0 bridgehead atoms. The Kier molecular flexibility index (Phi) is 9.99. The second-order valence-corrected chi connectivity index (χ2v) is 12.6. The molecule has 1 aliphatic rings. The molecule has 1 saturated heterocycles. The van der Waals surface area contributed by atoms with E-state index in [1.165, 1.54) is 22.7 Å². The van der Waals surface area contributed by atoms with Gasteiger partial charge in [0.1, 0.15) is 24.7 Å². The third-order valence-electron chi connectivity index (χ3n) is 6.08. The largest absolute Gasteiger partial charge is 0.460 e. The van der Waals surface area contributed by atoms with Gasteiger partial charge in [-0.1, -0.05) is 62.4 Å². The Hall–Kier alpha value is -3.22. The number of nitrogens with zero attached hydrogens (tertiary/aromatic N) is 3. The lowest BCUT2D eigenvalue weighted by molar-refractivity contribution is -0.148. The fourth-order valence-electron chi connectivity index (χ4n) is 3.93. The molecular weight excluding hydrogens is 557 g/mol. The zero-order valence-corrected chi connectivity index (χ0v) is 23.7. The van der Waals surface area contributed by atoms with Crippen LogP contribution in [0.3, 0.4) is 0 Å². The second-order valence-electron chi connectivity index (χ2n) is 9.48. The van der Waals surface area contributed by atoms with E-state index in [-0.39, 0.29) is 37.3 Å². The van der Waals surface area contributed by atoms with Crippen molar-refractivity contribution in [1.29, 1.82) is 0 Å². The van der Waals surface area contributed by atoms with Crippen molar-refractivity contribution in [3.8, 4) is 5.75 Å². The van der Waals surface area contributed by atoms with Crippen LogP contribution in [0.25, 0.3) is 0 Å². The molecule has 0 amide bonds. The van der Waals surface area contributed by atoms with E-state index in [1.807, 2.05) is 30.3 Å². The minimum Gasteiger partial charge on any atom is -0.460 e. The fraction of sp³-hybridized carbons (Fsp3) is 0.385. The van der Waals surface area contributed by atoms with Gasteiger partial charge in [-0.15, -0.1) is 11.8 Å². The number of carbonyl (C=O) groups excluding carboxylic acids is 1. The third-order valence-corrected chi connectivity index (χ3v) is 9.15. The highest BCUT2D eigenvalue weighted by Gasteiger charge is 2.40. The number of thioether (sulfide) groups is 1. The molecule has 14 heteroatoms. The van der Waals surface area contributed by atoms with Crippen LogP contribution in [0.1, 0.15) is 31.2 Å². The van der Waals surface area contributed by atoms with Crippen molar-refractivity contribution < 1.29 is 28.3 Å². The number of esters is 1. The van der Waals surface area contributed by atoms with E-state index in [1.54, 1.807) is 44.2 Å². The highest BCUT2D eigenvalue weighted by Crippen LogP contribution is 2.48. The highest BCUT2D eigenvalue weighted by atomic mass is 32.2. The quantitative estimate of drug-likeness (QED) is 0.209. The summed E-state index contributed by atoms with van der Waals surface area (Å²) in [6.45, 7) is 3.41. The molecule has 0 radical (unpaired) electrons. The van der Waals surface area contributed by atoms with E-state index in [4.69, 9.17) is 19.5 Å². The number of rotatable bonds is 12. The van der Waals surface area contributed by atoms with Gasteiger partial charge in [0.2, 0.25) is 5.95 Å².